The Morgan fingerprint density at radius 2 is 1.82 bits per heavy atom. The van der Waals surface area contributed by atoms with Gasteiger partial charge in [-0.2, -0.15) is 0 Å². The lowest BCUT2D eigenvalue weighted by molar-refractivity contribution is -0.119. The van der Waals surface area contributed by atoms with Gasteiger partial charge in [0, 0.05) is 31.6 Å². The van der Waals surface area contributed by atoms with Crippen LogP contribution in [0.2, 0.25) is 0 Å². The van der Waals surface area contributed by atoms with Gasteiger partial charge in [0.2, 0.25) is 5.91 Å². The van der Waals surface area contributed by atoms with Gasteiger partial charge in [-0.1, -0.05) is 36.8 Å². The van der Waals surface area contributed by atoms with E-state index in [-0.39, 0.29) is 11.8 Å². The number of benzene rings is 2. The van der Waals surface area contributed by atoms with E-state index in [0.717, 1.165) is 29.7 Å². The van der Waals surface area contributed by atoms with Crippen molar-refractivity contribution >= 4 is 11.8 Å². The minimum absolute atomic E-state index is 0.0232. The first-order chi connectivity index (χ1) is 13.5. The normalized spacial score (nSPS) is 17.1. The third-order valence-corrected chi connectivity index (χ3v) is 5.37. The van der Waals surface area contributed by atoms with Crippen LogP contribution in [0.5, 0.6) is 0 Å². The van der Waals surface area contributed by atoms with Gasteiger partial charge in [-0.15, -0.1) is 0 Å². The van der Waals surface area contributed by atoms with Gasteiger partial charge < -0.3 is 15.5 Å². The molecule has 28 heavy (non-hydrogen) atoms. The largest absolute Gasteiger partial charge is 0.352 e. The first-order valence-electron chi connectivity index (χ1n) is 9.95. The van der Waals surface area contributed by atoms with E-state index in [1.165, 1.54) is 19.8 Å². The minimum atomic E-state index is -0.0415. The Morgan fingerprint density at radius 3 is 2.54 bits per heavy atom. The average molecular weight is 380 g/mol. The number of carbonyl (C=O) groups is 2. The number of nitrogens with one attached hydrogen (secondary N) is 2. The molecule has 0 aromatic heterocycles. The Balaban J connectivity index is 1.60. The molecule has 0 spiro atoms. The van der Waals surface area contributed by atoms with Crippen LogP contribution in [0.15, 0.2) is 48.5 Å². The van der Waals surface area contributed by atoms with Crippen LogP contribution >= 0.6 is 0 Å². The molecule has 3 rings (SSSR count). The number of hydrogen-bond acceptors (Lipinski definition) is 3. The van der Waals surface area contributed by atoms with Gasteiger partial charge in [-0.25, -0.2) is 0 Å². The highest BCUT2D eigenvalue weighted by Crippen LogP contribution is 2.21. The molecular formula is C23H29N3O2. The first-order valence-corrected chi connectivity index (χ1v) is 9.95. The number of hydrogen-bond donors (Lipinski definition) is 2. The molecule has 2 aromatic carbocycles. The van der Waals surface area contributed by atoms with Crippen LogP contribution in [-0.4, -0.2) is 42.9 Å². The van der Waals surface area contributed by atoms with Gasteiger partial charge in [0.15, 0.2) is 0 Å². The van der Waals surface area contributed by atoms with Crippen molar-refractivity contribution in [1.29, 1.82) is 0 Å². The van der Waals surface area contributed by atoms with Gasteiger partial charge in [-0.3, -0.25) is 9.59 Å². The Kier molecular flexibility index (Phi) is 6.82. The highest BCUT2D eigenvalue weighted by atomic mass is 16.2. The molecule has 1 saturated heterocycles. The van der Waals surface area contributed by atoms with Crippen molar-refractivity contribution in [3.05, 3.63) is 59.7 Å². The van der Waals surface area contributed by atoms with Crippen LogP contribution in [-0.2, 0) is 11.3 Å². The second kappa shape index (κ2) is 9.51. The number of likely N-dealkylation sites (tertiary alicyclic amines) is 1. The van der Waals surface area contributed by atoms with E-state index in [9.17, 15) is 9.59 Å². The summed E-state index contributed by atoms with van der Waals surface area (Å²) in [5, 5.41) is 5.89. The maximum Gasteiger partial charge on any atom is 0.251 e. The van der Waals surface area contributed by atoms with E-state index in [4.69, 9.17) is 0 Å². The topological polar surface area (TPSA) is 61.4 Å². The lowest BCUT2D eigenvalue weighted by Gasteiger charge is -2.32. The number of amides is 2. The van der Waals surface area contributed by atoms with E-state index in [0.29, 0.717) is 24.7 Å². The number of carbonyl (C=O) groups excluding carboxylic acids is 2. The van der Waals surface area contributed by atoms with E-state index >= 15 is 0 Å². The molecule has 0 unspecified atom stereocenters. The van der Waals surface area contributed by atoms with Crippen molar-refractivity contribution < 1.29 is 9.59 Å². The minimum Gasteiger partial charge on any atom is -0.352 e. The van der Waals surface area contributed by atoms with Crippen LogP contribution in [0.3, 0.4) is 0 Å². The molecule has 2 aromatic rings. The molecule has 148 valence electrons. The molecule has 5 heteroatoms. The monoisotopic (exact) mass is 379 g/mol. The maximum atomic E-state index is 12.5. The molecule has 1 aliphatic rings. The van der Waals surface area contributed by atoms with Crippen LogP contribution in [0.1, 0.15) is 42.1 Å². The SMILES string of the molecule is CC(=O)NCc1cccc(-c2ccc(C(=O)NC[C@H]3CCCCN3C)cc2)c1. The fourth-order valence-electron chi connectivity index (χ4n) is 3.62. The van der Waals surface area contributed by atoms with Crippen molar-refractivity contribution in [3.8, 4) is 11.1 Å². The fraction of sp³-hybridized carbons (Fsp3) is 0.391. The summed E-state index contributed by atoms with van der Waals surface area (Å²) in [6, 6.07) is 16.2. The summed E-state index contributed by atoms with van der Waals surface area (Å²) in [5.41, 5.74) is 3.84. The van der Waals surface area contributed by atoms with Gasteiger partial charge in [0.25, 0.3) is 5.91 Å². The molecule has 0 aliphatic carbocycles. The zero-order valence-electron chi connectivity index (χ0n) is 16.7. The van der Waals surface area contributed by atoms with Gasteiger partial charge in [-0.05, 0) is 61.3 Å². The number of rotatable bonds is 6. The highest BCUT2D eigenvalue weighted by Gasteiger charge is 2.19. The molecule has 5 nitrogen and oxygen atoms in total. The predicted octanol–water partition coefficient (Wildman–Crippen LogP) is 3.20. The predicted molar refractivity (Wildman–Crippen MR) is 112 cm³/mol. The highest BCUT2D eigenvalue weighted by molar-refractivity contribution is 5.94. The van der Waals surface area contributed by atoms with Crippen molar-refractivity contribution in [2.24, 2.45) is 0 Å². The molecule has 0 bridgehead atoms. The second-order valence-electron chi connectivity index (χ2n) is 7.53. The Morgan fingerprint density at radius 1 is 1.04 bits per heavy atom. The molecule has 1 atom stereocenters. The third kappa shape index (κ3) is 5.42. The standard InChI is InChI=1S/C23H29N3O2/c1-17(27)24-15-18-6-5-7-21(14-18)19-9-11-20(12-10-19)23(28)25-16-22-8-3-4-13-26(22)2/h5-7,9-12,14,22H,3-4,8,13,15-16H2,1-2H3,(H,24,27)(H,25,28)/t22-/m1/s1. The van der Waals surface area contributed by atoms with Gasteiger partial charge in [0.1, 0.15) is 0 Å². The van der Waals surface area contributed by atoms with Crippen LogP contribution in [0.4, 0.5) is 0 Å². The summed E-state index contributed by atoms with van der Waals surface area (Å²) in [5.74, 6) is -0.0647. The number of nitrogens with zero attached hydrogens (tertiary/aromatic N) is 1. The summed E-state index contributed by atoms with van der Waals surface area (Å²) in [6.07, 6.45) is 3.62. The van der Waals surface area contributed by atoms with Crippen LogP contribution in [0, 0.1) is 0 Å². The Labute approximate surface area is 167 Å². The average Bonchev–Trinajstić information content (AvgIpc) is 2.72. The molecule has 1 aliphatic heterocycles. The van der Waals surface area contributed by atoms with Crippen LogP contribution < -0.4 is 10.6 Å². The molecule has 0 radical (unpaired) electrons. The van der Waals surface area contributed by atoms with Crippen LogP contribution in [0.25, 0.3) is 11.1 Å². The maximum absolute atomic E-state index is 12.5. The first kappa shape index (κ1) is 20.1. The third-order valence-electron chi connectivity index (χ3n) is 5.37. The van der Waals surface area contributed by atoms with E-state index in [1.807, 2.05) is 42.5 Å². The molecule has 1 fully saturated rings. The molecule has 2 N–H and O–H groups in total. The summed E-state index contributed by atoms with van der Waals surface area (Å²) >= 11 is 0. The number of likely N-dealkylation sites (N-methyl/N-ethyl adjacent to an activating group) is 1. The Hall–Kier alpha value is -2.66. The van der Waals surface area contributed by atoms with Crippen molar-refractivity contribution in [2.75, 3.05) is 20.1 Å². The smallest absolute Gasteiger partial charge is 0.251 e. The zero-order valence-corrected chi connectivity index (χ0v) is 16.7. The molecule has 1 heterocycles. The summed E-state index contributed by atoms with van der Waals surface area (Å²) < 4.78 is 0. The number of piperidine rings is 1. The van der Waals surface area contributed by atoms with Crippen molar-refractivity contribution in [2.45, 2.75) is 38.8 Å². The Bertz CT molecular complexity index is 817. The summed E-state index contributed by atoms with van der Waals surface area (Å²) in [4.78, 5) is 25.9. The molecule has 2 amide bonds. The molecule has 0 saturated carbocycles. The second-order valence-corrected chi connectivity index (χ2v) is 7.53. The van der Waals surface area contributed by atoms with Crippen molar-refractivity contribution in [3.63, 3.8) is 0 Å². The van der Waals surface area contributed by atoms with Crippen molar-refractivity contribution in [1.82, 2.24) is 15.5 Å². The molecular weight excluding hydrogens is 350 g/mol. The van der Waals surface area contributed by atoms with Gasteiger partial charge in [0.05, 0.1) is 0 Å². The lowest BCUT2D eigenvalue weighted by Crippen LogP contribution is -2.44. The fourth-order valence-corrected chi connectivity index (χ4v) is 3.62. The lowest BCUT2D eigenvalue weighted by atomic mass is 10.0. The van der Waals surface area contributed by atoms with E-state index in [1.54, 1.807) is 0 Å². The summed E-state index contributed by atoms with van der Waals surface area (Å²) in [6.45, 7) is 3.83. The van der Waals surface area contributed by atoms with E-state index < -0.39 is 0 Å². The van der Waals surface area contributed by atoms with Gasteiger partial charge >= 0.3 is 0 Å². The van der Waals surface area contributed by atoms with E-state index in [2.05, 4.69) is 28.6 Å². The summed E-state index contributed by atoms with van der Waals surface area (Å²) in [7, 11) is 2.13. The quantitative estimate of drug-likeness (QED) is 0.810. The zero-order chi connectivity index (χ0) is 19.9.